The second kappa shape index (κ2) is 9.61. The molecular formula is C23H16F3N3O2S. The van der Waals surface area contributed by atoms with Crippen molar-refractivity contribution < 1.29 is 22.7 Å². The maximum Gasteiger partial charge on any atom is 0.271 e. The Kier molecular flexibility index (Phi) is 6.46. The molecule has 32 heavy (non-hydrogen) atoms. The van der Waals surface area contributed by atoms with Crippen molar-refractivity contribution in [1.82, 2.24) is 15.3 Å². The summed E-state index contributed by atoms with van der Waals surface area (Å²) in [5.74, 6) is -2.22. The summed E-state index contributed by atoms with van der Waals surface area (Å²) in [4.78, 5) is 20.5. The van der Waals surface area contributed by atoms with Crippen LogP contribution in [0.3, 0.4) is 0 Å². The molecule has 9 heteroatoms. The summed E-state index contributed by atoms with van der Waals surface area (Å²) in [5, 5.41) is 4.63. The number of amides is 1. The van der Waals surface area contributed by atoms with Crippen molar-refractivity contribution in [3.8, 4) is 16.3 Å². The van der Waals surface area contributed by atoms with E-state index in [4.69, 9.17) is 4.74 Å². The summed E-state index contributed by atoms with van der Waals surface area (Å²) in [6.45, 7) is 0.123. The Morgan fingerprint density at radius 1 is 1.06 bits per heavy atom. The second-order valence-electron chi connectivity index (χ2n) is 6.75. The minimum atomic E-state index is -0.737. The van der Waals surface area contributed by atoms with Gasteiger partial charge >= 0.3 is 0 Å². The van der Waals surface area contributed by atoms with Crippen LogP contribution in [0.5, 0.6) is 5.75 Å². The van der Waals surface area contributed by atoms with Crippen LogP contribution in [-0.2, 0) is 13.2 Å². The number of carbonyl (C=O) groups is 1. The van der Waals surface area contributed by atoms with Crippen molar-refractivity contribution in [2.75, 3.05) is 0 Å². The van der Waals surface area contributed by atoms with Crippen molar-refractivity contribution >= 4 is 17.2 Å². The Morgan fingerprint density at radius 3 is 2.69 bits per heavy atom. The van der Waals surface area contributed by atoms with E-state index in [-0.39, 0.29) is 35.1 Å². The van der Waals surface area contributed by atoms with Crippen LogP contribution in [0, 0.1) is 17.5 Å². The van der Waals surface area contributed by atoms with Crippen molar-refractivity contribution in [3.63, 3.8) is 0 Å². The molecule has 0 atom stereocenters. The van der Waals surface area contributed by atoms with Crippen LogP contribution in [0.15, 0.2) is 66.3 Å². The molecule has 0 spiro atoms. The number of aromatic nitrogens is 2. The van der Waals surface area contributed by atoms with Gasteiger partial charge in [0, 0.05) is 47.6 Å². The highest BCUT2D eigenvalue weighted by molar-refractivity contribution is 7.13. The Morgan fingerprint density at radius 2 is 1.94 bits per heavy atom. The minimum absolute atomic E-state index is 0.151. The third-order valence-electron chi connectivity index (χ3n) is 4.49. The number of hydrogen-bond acceptors (Lipinski definition) is 5. The molecule has 2 heterocycles. The lowest BCUT2D eigenvalue weighted by atomic mass is 10.2. The van der Waals surface area contributed by atoms with E-state index in [0.717, 1.165) is 35.1 Å². The Labute approximate surface area is 185 Å². The SMILES string of the molecule is O=C(NCc1cccnc1)c1csc(-c2ccc(OCc3ccc(F)cc3F)cc2F)n1. The predicted octanol–water partition coefficient (Wildman–Crippen LogP) is 5.13. The number of thiazole rings is 1. The van der Waals surface area contributed by atoms with Crippen molar-refractivity contribution in [2.24, 2.45) is 0 Å². The number of nitrogens with zero attached hydrogens (tertiary/aromatic N) is 2. The van der Waals surface area contributed by atoms with Gasteiger partial charge in [-0.05, 0) is 35.9 Å². The van der Waals surface area contributed by atoms with Crippen LogP contribution in [0.2, 0.25) is 0 Å². The molecule has 0 fully saturated rings. The van der Waals surface area contributed by atoms with Crippen molar-refractivity contribution in [1.29, 1.82) is 0 Å². The van der Waals surface area contributed by atoms with Gasteiger partial charge in [-0.15, -0.1) is 11.3 Å². The van der Waals surface area contributed by atoms with Gasteiger partial charge in [-0.3, -0.25) is 9.78 Å². The van der Waals surface area contributed by atoms with Gasteiger partial charge in [0.25, 0.3) is 5.91 Å². The number of hydrogen-bond donors (Lipinski definition) is 1. The summed E-state index contributed by atoms with van der Waals surface area (Å²) in [5.41, 5.74) is 1.39. The molecule has 4 aromatic rings. The highest BCUT2D eigenvalue weighted by Gasteiger charge is 2.15. The summed E-state index contributed by atoms with van der Waals surface area (Å²) >= 11 is 1.14. The fraction of sp³-hybridized carbons (Fsp3) is 0.0870. The Bertz CT molecular complexity index is 1250. The number of pyridine rings is 1. The van der Waals surface area contributed by atoms with E-state index < -0.39 is 17.5 Å². The molecule has 0 aliphatic carbocycles. The molecule has 4 rings (SSSR count). The highest BCUT2D eigenvalue weighted by atomic mass is 32.1. The number of rotatable bonds is 7. The Hall–Kier alpha value is -3.72. The highest BCUT2D eigenvalue weighted by Crippen LogP contribution is 2.29. The number of benzene rings is 2. The lowest BCUT2D eigenvalue weighted by Crippen LogP contribution is -2.23. The van der Waals surface area contributed by atoms with Gasteiger partial charge < -0.3 is 10.1 Å². The lowest BCUT2D eigenvalue weighted by molar-refractivity contribution is 0.0946. The lowest BCUT2D eigenvalue weighted by Gasteiger charge is -2.08. The van der Waals surface area contributed by atoms with Crippen LogP contribution >= 0.6 is 11.3 Å². The summed E-state index contributed by atoms with van der Waals surface area (Å²) in [6, 6.07) is 10.9. The molecule has 1 N–H and O–H groups in total. The number of nitrogens with one attached hydrogen (secondary N) is 1. The van der Waals surface area contributed by atoms with Gasteiger partial charge in [0.2, 0.25) is 0 Å². The maximum atomic E-state index is 14.6. The topological polar surface area (TPSA) is 64.1 Å². The third-order valence-corrected chi connectivity index (χ3v) is 5.37. The number of ether oxygens (including phenoxy) is 1. The first-order chi connectivity index (χ1) is 15.5. The molecule has 0 radical (unpaired) electrons. The van der Waals surface area contributed by atoms with E-state index in [1.165, 1.54) is 18.2 Å². The molecule has 0 bridgehead atoms. The van der Waals surface area contributed by atoms with Crippen LogP contribution in [-0.4, -0.2) is 15.9 Å². The van der Waals surface area contributed by atoms with Gasteiger partial charge in [0.05, 0.1) is 0 Å². The van der Waals surface area contributed by atoms with Gasteiger partial charge in [-0.25, -0.2) is 18.2 Å². The first kappa shape index (κ1) is 21.5. The zero-order valence-corrected chi connectivity index (χ0v) is 17.3. The molecule has 2 aromatic heterocycles. The van der Waals surface area contributed by atoms with Crippen LogP contribution in [0.25, 0.3) is 10.6 Å². The molecule has 162 valence electrons. The van der Waals surface area contributed by atoms with Gasteiger partial charge in [-0.2, -0.15) is 0 Å². The summed E-state index contributed by atoms with van der Waals surface area (Å²) in [6.07, 6.45) is 3.29. The molecule has 0 aliphatic rings. The normalized spacial score (nSPS) is 10.7. The van der Waals surface area contributed by atoms with Gasteiger partial charge in [0.15, 0.2) is 0 Å². The quantitative estimate of drug-likeness (QED) is 0.420. The standard InChI is InChI=1S/C23H16F3N3O2S/c24-16-4-3-15(19(25)8-16)12-31-17-5-6-18(20(26)9-17)23-29-21(13-32-23)22(30)28-11-14-2-1-7-27-10-14/h1-10,13H,11-12H2,(H,28,30). The molecular weight excluding hydrogens is 439 g/mol. The third kappa shape index (κ3) is 5.12. The molecule has 0 unspecified atom stereocenters. The molecule has 2 aromatic carbocycles. The monoisotopic (exact) mass is 455 g/mol. The van der Waals surface area contributed by atoms with Gasteiger partial charge in [0.1, 0.15) is 40.5 Å². The number of halogens is 3. The first-order valence-corrected chi connectivity index (χ1v) is 10.4. The number of carbonyl (C=O) groups excluding carboxylic acids is 1. The van der Waals surface area contributed by atoms with E-state index in [1.807, 2.05) is 6.07 Å². The van der Waals surface area contributed by atoms with Crippen LogP contribution < -0.4 is 10.1 Å². The minimum Gasteiger partial charge on any atom is -0.489 e. The molecule has 0 saturated carbocycles. The average molecular weight is 455 g/mol. The smallest absolute Gasteiger partial charge is 0.271 e. The summed E-state index contributed by atoms with van der Waals surface area (Å²) < 4.78 is 46.7. The molecule has 1 amide bonds. The zero-order chi connectivity index (χ0) is 22.5. The van der Waals surface area contributed by atoms with E-state index in [2.05, 4.69) is 15.3 Å². The molecule has 0 aliphatic heterocycles. The maximum absolute atomic E-state index is 14.6. The zero-order valence-electron chi connectivity index (χ0n) is 16.5. The van der Waals surface area contributed by atoms with Crippen molar-refractivity contribution in [3.05, 3.63) is 101 Å². The van der Waals surface area contributed by atoms with Crippen LogP contribution in [0.1, 0.15) is 21.6 Å². The van der Waals surface area contributed by atoms with E-state index in [1.54, 1.807) is 23.8 Å². The molecule has 0 saturated heterocycles. The predicted molar refractivity (Wildman–Crippen MR) is 114 cm³/mol. The molecule has 5 nitrogen and oxygen atoms in total. The fourth-order valence-electron chi connectivity index (χ4n) is 2.84. The average Bonchev–Trinajstić information content (AvgIpc) is 3.28. The van der Waals surface area contributed by atoms with Crippen molar-refractivity contribution in [2.45, 2.75) is 13.2 Å². The van der Waals surface area contributed by atoms with E-state index in [9.17, 15) is 18.0 Å². The fourth-order valence-corrected chi connectivity index (χ4v) is 3.66. The van der Waals surface area contributed by atoms with E-state index in [0.29, 0.717) is 11.6 Å². The van der Waals surface area contributed by atoms with Gasteiger partial charge in [-0.1, -0.05) is 6.07 Å². The Balaban J connectivity index is 1.41. The summed E-state index contributed by atoms with van der Waals surface area (Å²) in [7, 11) is 0. The van der Waals surface area contributed by atoms with Crippen LogP contribution in [0.4, 0.5) is 13.2 Å². The van der Waals surface area contributed by atoms with E-state index >= 15 is 0 Å². The second-order valence-corrected chi connectivity index (χ2v) is 7.61. The first-order valence-electron chi connectivity index (χ1n) is 9.49. The largest absolute Gasteiger partial charge is 0.489 e.